The number of esters is 2. The van der Waals surface area contributed by atoms with E-state index in [1.54, 1.807) is 0 Å². The molecule has 0 heterocycles. The third-order valence-electron chi connectivity index (χ3n) is 4.39. The lowest BCUT2D eigenvalue weighted by Gasteiger charge is -2.32. The molecule has 1 N–H and O–H groups in total. The minimum Gasteiger partial charge on any atom is -0.496 e. The number of ether oxygens (including phenoxy) is 3. The third-order valence-corrected chi connectivity index (χ3v) is 4.39. The molecule has 0 fully saturated rings. The second-order valence-corrected chi connectivity index (χ2v) is 5.86. The van der Waals surface area contributed by atoms with Crippen molar-refractivity contribution in [1.82, 2.24) is 0 Å². The second kappa shape index (κ2) is 8.00. The molecule has 1 aromatic carbocycles. The van der Waals surface area contributed by atoms with E-state index in [0.29, 0.717) is 12.8 Å². The number of allylic oxidation sites excluding steroid dienone is 2. The van der Waals surface area contributed by atoms with Gasteiger partial charge in [0.15, 0.2) is 0 Å². The summed E-state index contributed by atoms with van der Waals surface area (Å²) in [7, 11) is 3.92. The first kappa shape index (κ1) is 18.8. The average molecular weight is 351 g/mol. The van der Waals surface area contributed by atoms with E-state index in [9.17, 15) is 14.0 Å². The van der Waals surface area contributed by atoms with Crippen LogP contribution in [0.2, 0.25) is 0 Å². The number of hydrogen-bond acceptors (Lipinski definition) is 6. The summed E-state index contributed by atoms with van der Waals surface area (Å²) < 4.78 is 29.0. The molecule has 0 aliphatic heterocycles. The number of rotatable bonds is 6. The Hall–Kier alpha value is -2.57. The zero-order chi connectivity index (χ0) is 18.4. The topological polar surface area (TPSA) is 73.9 Å². The van der Waals surface area contributed by atoms with Crippen molar-refractivity contribution in [3.8, 4) is 5.75 Å². The first-order valence-electron chi connectivity index (χ1n) is 7.90. The maximum atomic E-state index is 14.3. The molecule has 25 heavy (non-hydrogen) atoms. The maximum Gasteiger partial charge on any atom is 0.341 e. The molecule has 1 aliphatic rings. The Labute approximate surface area is 145 Å². The van der Waals surface area contributed by atoms with Crippen LogP contribution in [0.25, 0.3) is 0 Å². The van der Waals surface area contributed by atoms with E-state index in [2.05, 4.69) is 5.32 Å². The summed E-state index contributed by atoms with van der Waals surface area (Å²) >= 11 is 0. The summed E-state index contributed by atoms with van der Waals surface area (Å²) in [6, 6.07) is 2.43. The molecule has 1 aromatic rings. The van der Waals surface area contributed by atoms with E-state index in [1.165, 1.54) is 27.4 Å². The molecular weight excluding hydrogens is 329 g/mol. The van der Waals surface area contributed by atoms with Gasteiger partial charge < -0.3 is 19.5 Å². The van der Waals surface area contributed by atoms with E-state index in [-0.39, 0.29) is 29.5 Å². The first-order valence-corrected chi connectivity index (χ1v) is 7.90. The fraction of sp³-hybridized carbons (Fsp3) is 0.444. The van der Waals surface area contributed by atoms with Crippen LogP contribution in [0, 0.1) is 11.2 Å². The van der Waals surface area contributed by atoms with Gasteiger partial charge in [0.25, 0.3) is 0 Å². The van der Waals surface area contributed by atoms with Gasteiger partial charge in [-0.25, -0.2) is 9.18 Å². The van der Waals surface area contributed by atoms with Crippen molar-refractivity contribution in [1.29, 1.82) is 0 Å². The van der Waals surface area contributed by atoms with Gasteiger partial charge in [-0.2, -0.15) is 0 Å². The molecule has 0 radical (unpaired) electrons. The molecule has 0 saturated carbocycles. The Morgan fingerprint density at radius 2 is 1.96 bits per heavy atom. The summed E-state index contributed by atoms with van der Waals surface area (Å²) in [6.07, 6.45) is 5.78. The lowest BCUT2D eigenvalue weighted by atomic mass is 9.77. The molecule has 0 amide bonds. The van der Waals surface area contributed by atoms with Crippen LogP contribution in [-0.4, -0.2) is 39.8 Å². The van der Waals surface area contributed by atoms with Crippen molar-refractivity contribution in [2.75, 3.05) is 33.2 Å². The van der Waals surface area contributed by atoms with E-state index in [0.717, 1.165) is 12.5 Å². The number of nitrogens with one attached hydrogen (secondary N) is 1. The van der Waals surface area contributed by atoms with Gasteiger partial charge in [0, 0.05) is 12.6 Å². The predicted octanol–water partition coefficient (Wildman–Crippen LogP) is 2.93. The van der Waals surface area contributed by atoms with Crippen LogP contribution in [0.3, 0.4) is 0 Å². The fourth-order valence-corrected chi connectivity index (χ4v) is 2.92. The second-order valence-electron chi connectivity index (χ2n) is 5.86. The number of methoxy groups -OCH3 is 3. The van der Waals surface area contributed by atoms with Gasteiger partial charge in [0.1, 0.15) is 17.1 Å². The molecule has 6 nitrogen and oxygen atoms in total. The van der Waals surface area contributed by atoms with E-state index in [1.807, 2.05) is 12.2 Å². The molecule has 1 aliphatic carbocycles. The van der Waals surface area contributed by atoms with Gasteiger partial charge in [-0.15, -0.1) is 0 Å². The summed E-state index contributed by atoms with van der Waals surface area (Å²) in [5.41, 5.74) is -0.565. The molecule has 136 valence electrons. The Morgan fingerprint density at radius 3 is 2.52 bits per heavy atom. The number of halogens is 1. The highest BCUT2D eigenvalue weighted by Crippen LogP contribution is 2.35. The van der Waals surface area contributed by atoms with Crippen LogP contribution in [0.5, 0.6) is 5.75 Å². The Balaban J connectivity index is 2.28. The highest BCUT2D eigenvalue weighted by molar-refractivity contribution is 5.93. The highest BCUT2D eigenvalue weighted by Gasteiger charge is 2.39. The SMILES string of the molecule is COC(=O)c1cc(NCC2(C(=O)OC)CC=CCC2)c(F)cc1OC. The number of carbonyl (C=O) groups is 2. The quantitative estimate of drug-likeness (QED) is 0.627. The van der Waals surface area contributed by atoms with E-state index in [4.69, 9.17) is 14.2 Å². The zero-order valence-electron chi connectivity index (χ0n) is 14.6. The maximum absolute atomic E-state index is 14.3. The molecular formula is C18H22FNO5. The summed E-state index contributed by atoms with van der Waals surface area (Å²) in [6.45, 7) is 0.188. The predicted molar refractivity (Wildman–Crippen MR) is 90.2 cm³/mol. The Morgan fingerprint density at radius 1 is 1.20 bits per heavy atom. The average Bonchev–Trinajstić information content (AvgIpc) is 2.66. The number of benzene rings is 1. The highest BCUT2D eigenvalue weighted by atomic mass is 19.1. The van der Waals surface area contributed by atoms with Gasteiger partial charge in [-0.3, -0.25) is 4.79 Å². The van der Waals surface area contributed by atoms with Gasteiger partial charge in [0.05, 0.1) is 32.4 Å². The third kappa shape index (κ3) is 3.92. The van der Waals surface area contributed by atoms with Crippen LogP contribution in [0.15, 0.2) is 24.3 Å². The molecule has 0 bridgehead atoms. The number of anilines is 1. The number of carbonyl (C=O) groups excluding carboxylic acids is 2. The van der Waals surface area contributed by atoms with Gasteiger partial charge in [-0.1, -0.05) is 12.2 Å². The summed E-state index contributed by atoms with van der Waals surface area (Å²) in [5.74, 6) is -1.48. The van der Waals surface area contributed by atoms with Crippen molar-refractivity contribution in [2.45, 2.75) is 19.3 Å². The Bertz CT molecular complexity index is 688. The van der Waals surface area contributed by atoms with Crippen LogP contribution in [0.1, 0.15) is 29.6 Å². The fourth-order valence-electron chi connectivity index (χ4n) is 2.92. The minimum atomic E-state index is -0.763. The zero-order valence-corrected chi connectivity index (χ0v) is 14.6. The van der Waals surface area contributed by atoms with Crippen LogP contribution >= 0.6 is 0 Å². The van der Waals surface area contributed by atoms with Crippen LogP contribution < -0.4 is 10.1 Å². The van der Waals surface area contributed by atoms with Gasteiger partial charge in [-0.05, 0) is 25.3 Å². The molecule has 1 atom stereocenters. The normalized spacial score (nSPS) is 19.2. The van der Waals surface area contributed by atoms with Gasteiger partial charge in [0.2, 0.25) is 0 Å². The molecule has 0 aromatic heterocycles. The minimum absolute atomic E-state index is 0.0816. The van der Waals surface area contributed by atoms with Crippen molar-refractivity contribution in [3.05, 3.63) is 35.7 Å². The van der Waals surface area contributed by atoms with E-state index >= 15 is 0 Å². The largest absolute Gasteiger partial charge is 0.496 e. The van der Waals surface area contributed by atoms with Crippen molar-refractivity contribution < 1.29 is 28.2 Å². The van der Waals surface area contributed by atoms with E-state index < -0.39 is 17.2 Å². The van der Waals surface area contributed by atoms with Crippen LogP contribution in [0.4, 0.5) is 10.1 Å². The lowest BCUT2D eigenvalue weighted by Crippen LogP contribution is -2.39. The number of hydrogen-bond donors (Lipinski definition) is 1. The Kier molecular flexibility index (Phi) is 6.01. The smallest absolute Gasteiger partial charge is 0.341 e. The summed E-state index contributed by atoms with van der Waals surface area (Å²) in [5, 5.41) is 2.94. The lowest BCUT2D eigenvalue weighted by molar-refractivity contribution is -0.152. The molecule has 1 unspecified atom stereocenters. The molecule has 0 spiro atoms. The molecule has 2 rings (SSSR count). The monoisotopic (exact) mass is 351 g/mol. The van der Waals surface area contributed by atoms with Crippen molar-refractivity contribution >= 4 is 17.6 Å². The molecule has 0 saturated heterocycles. The van der Waals surface area contributed by atoms with Gasteiger partial charge >= 0.3 is 11.9 Å². The first-order chi connectivity index (χ1) is 12.0. The van der Waals surface area contributed by atoms with Crippen LogP contribution in [-0.2, 0) is 14.3 Å². The van der Waals surface area contributed by atoms with Crippen molar-refractivity contribution in [2.24, 2.45) is 5.41 Å². The molecule has 7 heteroatoms. The standard InChI is InChI=1S/C18H22FNO5/c1-23-15-10-13(19)14(9-12(15)16(21)24-2)20-11-18(17(22)25-3)7-5-4-6-8-18/h4-5,9-10,20H,6-8,11H2,1-3H3. The van der Waals surface area contributed by atoms with Crippen molar-refractivity contribution in [3.63, 3.8) is 0 Å². The summed E-state index contributed by atoms with van der Waals surface area (Å²) in [4.78, 5) is 24.1.